The van der Waals surface area contributed by atoms with E-state index in [1.807, 2.05) is 12.1 Å². The van der Waals surface area contributed by atoms with Crippen molar-refractivity contribution >= 4 is 34.3 Å². The van der Waals surface area contributed by atoms with E-state index in [9.17, 15) is 4.79 Å². The quantitative estimate of drug-likeness (QED) is 0.713. The van der Waals surface area contributed by atoms with Crippen molar-refractivity contribution in [1.29, 1.82) is 0 Å². The molecule has 1 aromatic carbocycles. The molecule has 1 N–H and O–H groups in total. The van der Waals surface area contributed by atoms with Crippen LogP contribution in [-0.4, -0.2) is 20.1 Å². The molecule has 128 valence electrons. The Bertz CT molecular complexity index is 942. The third-order valence-electron chi connectivity index (χ3n) is 4.29. The first-order chi connectivity index (χ1) is 12.2. The van der Waals surface area contributed by atoms with Crippen molar-refractivity contribution in [3.63, 3.8) is 0 Å². The van der Waals surface area contributed by atoms with E-state index in [1.165, 1.54) is 20.9 Å². The summed E-state index contributed by atoms with van der Waals surface area (Å²) in [6.45, 7) is 0. The fourth-order valence-corrected chi connectivity index (χ4v) is 5.15. The van der Waals surface area contributed by atoms with Gasteiger partial charge in [-0.15, -0.1) is 22.7 Å². The molecule has 0 saturated carbocycles. The van der Waals surface area contributed by atoms with Gasteiger partial charge in [0.25, 0.3) is 5.91 Å². The average Bonchev–Trinajstić information content (AvgIpc) is 3.27. The molecule has 0 atom stereocenters. The number of benzene rings is 1. The molecule has 0 spiro atoms. The zero-order valence-electron chi connectivity index (χ0n) is 13.9. The third kappa shape index (κ3) is 2.92. The zero-order valence-corrected chi connectivity index (χ0v) is 15.6. The predicted molar refractivity (Wildman–Crippen MR) is 103 cm³/mol. The summed E-state index contributed by atoms with van der Waals surface area (Å²) in [5.41, 5.74) is 3.25. The van der Waals surface area contributed by atoms with Gasteiger partial charge in [0, 0.05) is 27.1 Å². The number of anilines is 1. The van der Waals surface area contributed by atoms with Crippen molar-refractivity contribution in [2.75, 3.05) is 19.5 Å². The molecule has 3 aromatic rings. The van der Waals surface area contributed by atoms with Crippen molar-refractivity contribution in [2.45, 2.75) is 12.8 Å². The van der Waals surface area contributed by atoms with Crippen molar-refractivity contribution in [3.05, 3.63) is 51.0 Å². The SMILES string of the molecule is COc1ccc(NC(=O)c2cc3c(s2)-c2ccsc2CC3)cc1OC. The van der Waals surface area contributed by atoms with Crippen LogP contribution in [0.3, 0.4) is 0 Å². The van der Waals surface area contributed by atoms with Gasteiger partial charge < -0.3 is 14.8 Å². The molecule has 1 aliphatic rings. The molecule has 0 saturated heterocycles. The summed E-state index contributed by atoms with van der Waals surface area (Å²) >= 11 is 3.36. The minimum Gasteiger partial charge on any atom is -0.493 e. The Hall–Kier alpha value is -2.31. The van der Waals surface area contributed by atoms with E-state index < -0.39 is 0 Å². The molecule has 0 fully saturated rings. The van der Waals surface area contributed by atoms with E-state index in [-0.39, 0.29) is 5.91 Å². The maximum atomic E-state index is 12.7. The van der Waals surface area contributed by atoms with Gasteiger partial charge in [-0.3, -0.25) is 4.79 Å². The fraction of sp³-hybridized carbons (Fsp3) is 0.211. The normalized spacial score (nSPS) is 12.2. The van der Waals surface area contributed by atoms with Crippen LogP contribution in [0.2, 0.25) is 0 Å². The second-order valence-electron chi connectivity index (χ2n) is 5.75. The number of aryl methyl sites for hydroxylation is 2. The number of carbonyl (C=O) groups excluding carboxylic acids is 1. The largest absolute Gasteiger partial charge is 0.493 e. The molecule has 2 heterocycles. The van der Waals surface area contributed by atoms with Crippen LogP contribution in [0.15, 0.2) is 35.7 Å². The fourth-order valence-electron chi connectivity index (χ4n) is 3.05. The summed E-state index contributed by atoms with van der Waals surface area (Å²) < 4.78 is 10.5. The maximum Gasteiger partial charge on any atom is 0.265 e. The molecule has 0 bridgehead atoms. The number of ether oxygens (including phenoxy) is 2. The molecule has 25 heavy (non-hydrogen) atoms. The minimum absolute atomic E-state index is 0.0941. The van der Waals surface area contributed by atoms with Crippen LogP contribution in [0.5, 0.6) is 11.5 Å². The summed E-state index contributed by atoms with van der Waals surface area (Å²) in [4.78, 5) is 16.1. The van der Waals surface area contributed by atoms with E-state index in [0.29, 0.717) is 17.2 Å². The first kappa shape index (κ1) is 16.2. The van der Waals surface area contributed by atoms with Crippen LogP contribution in [0.4, 0.5) is 5.69 Å². The zero-order chi connectivity index (χ0) is 17.4. The number of amides is 1. The Balaban J connectivity index is 1.59. The van der Waals surface area contributed by atoms with Crippen LogP contribution in [0, 0.1) is 0 Å². The third-order valence-corrected chi connectivity index (χ3v) is 6.48. The Labute approximate surface area is 154 Å². The Morgan fingerprint density at radius 2 is 1.92 bits per heavy atom. The smallest absolute Gasteiger partial charge is 0.265 e. The molecule has 0 aliphatic heterocycles. The Morgan fingerprint density at radius 1 is 1.08 bits per heavy atom. The summed E-state index contributed by atoms with van der Waals surface area (Å²) in [5.74, 6) is 1.13. The van der Waals surface area contributed by atoms with E-state index in [2.05, 4.69) is 16.8 Å². The highest BCUT2D eigenvalue weighted by atomic mass is 32.1. The van der Waals surface area contributed by atoms with Gasteiger partial charge in [0.05, 0.1) is 19.1 Å². The Morgan fingerprint density at radius 3 is 2.72 bits per heavy atom. The lowest BCUT2D eigenvalue weighted by Gasteiger charge is -2.10. The maximum absolute atomic E-state index is 12.7. The second-order valence-corrected chi connectivity index (χ2v) is 7.80. The lowest BCUT2D eigenvalue weighted by atomic mass is 9.98. The predicted octanol–water partition coefficient (Wildman–Crippen LogP) is 4.84. The van der Waals surface area contributed by atoms with Crippen LogP contribution >= 0.6 is 22.7 Å². The highest BCUT2D eigenvalue weighted by molar-refractivity contribution is 7.18. The molecule has 6 heteroatoms. The first-order valence-electron chi connectivity index (χ1n) is 7.92. The number of hydrogen-bond acceptors (Lipinski definition) is 5. The monoisotopic (exact) mass is 371 g/mol. The van der Waals surface area contributed by atoms with Crippen molar-refractivity contribution in [3.8, 4) is 21.9 Å². The van der Waals surface area contributed by atoms with E-state index in [1.54, 1.807) is 49.0 Å². The molecule has 4 rings (SSSR count). The summed E-state index contributed by atoms with van der Waals surface area (Å²) in [7, 11) is 3.17. The van der Waals surface area contributed by atoms with Crippen molar-refractivity contribution < 1.29 is 14.3 Å². The number of fused-ring (bicyclic) bond motifs is 3. The number of carbonyl (C=O) groups is 1. The topological polar surface area (TPSA) is 47.6 Å². The Kier molecular flexibility index (Phi) is 4.23. The van der Waals surface area contributed by atoms with Crippen LogP contribution < -0.4 is 14.8 Å². The highest BCUT2D eigenvalue weighted by Gasteiger charge is 2.22. The van der Waals surface area contributed by atoms with Gasteiger partial charge in [0.2, 0.25) is 0 Å². The van der Waals surface area contributed by atoms with E-state index in [4.69, 9.17) is 9.47 Å². The van der Waals surface area contributed by atoms with Gasteiger partial charge in [0.15, 0.2) is 11.5 Å². The summed E-state index contributed by atoms with van der Waals surface area (Å²) in [6.07, 6.45) is 2.07. The van der Waals surface area contributed by atoms with Crippen LogP contribution in [-0.2, 0) is 12.8 Å². The van der Waals surface area contributed by atoms with Gasteiger partial charge in [-0.1, -0.05) is 0 Å². The van der Waals surface area contributed by atoms with Gasteiger partial charge in [0.1, 0.15) is 0 Å². The lowest BCUT2D eigenvalue weighted by molar-refractivity contribution is 0.103. The van der Waals surface area contributed by atoms with Crippen molar-refractivity contribution in [1.82, 2.24) is 0 Å². The molecule has 0 unspecified atom stereocenters. The first-order valence-corrected chi connectivity index (χ1v) is 9.62. The summed E-state index contributed by atoms with van der Waals surface area (Å²) in [5, 5.41) is 5.08. The van der Waals surface area contributed by atoms with Gasteiger partial charge in [-0.05, 0) is 48.1 Å². The molecule has 1 aliphatic carbocycles. The summed E-state index contributed by atoms with van der Waals surface area (Å²) in [6, 6.07) is 9.54. The standard InChI is InChI=1S/C19H17NO3S2/c1-22-14-5-4-12(10-15(14)23-2)20-19(21)17-9-11-3-6-16-13(7-8-24-16)18(11)25-17/h4-5,7-10H,3,6H2,1-2H3,(H,20,21). The molecular weight excluding hydrogens is 354 g/mol. The van der Waals surface area contributed by atoms with E-state index in [0.717, 1.165) is 17.7 Å². The molecule has 4 nitrogen and oxygen atoms in total. The number of hydrogen-bond donors (Lipinski definition) is 1. The minimum atomic E-state index is -0.0941. The highest BCUT2D eigenvalue weighted by Crippen LogP contribution is 2.42. The van der Waals surface area contributed by atoms with Crippen LogP contribution in [0.25, 0.3) is 10.4 Å². The molecular formula is C19H17NO3S2. The lowest BCUT2D eigenvalue weighted by Crippen LogP contribution is -2.10. The number of rotatable bonds is 4. The van der Waals surface area contributed by atoms with Gasteiger partial charge in [-0.25, -0.2) is 0 Å². The number of nitrogens with one attached hydrogen (secondary N) is 1. The van der Waals surface area contributed by atoms with Gasteiger partial charge >= 0.3 is 0 Å². The second kappa shape index (κ2) is 6.54. The molecule has 2 aromatic heterocycles. The average molecular weight is 371 g/mol. The van der Waals surface area contributed by atoms with E-state index >= 15 is 0 Å². The van der Waals surface area contributed by atoms with Crippen molar-refractivity contribution in [2.24, 2.45) is 0 Å². The number of methoxy groups -OCH3 is 2. The van der Waals surface area contributed by atoms with Gasteiger partial charge in [-0.2, -0.15) is 0 Å². The molecule has 1 amide bonds. The molecule has 0 radical (unpaired) electrons. The number of thiophene rings is 2. The van der Waals surface area contributed by atoms with Crippen LogP contribution in [0.1, 0.15) is 20.1 Å².